The zero-order chi connectivity index (χ0) is 23.8. The predicted molar refractivity (Wildman–Crippen MR) is 134 cm³/mol. The minimum Gasteiger partial charge on any atom is -0.497 e. The van der Waals surface area contributed by atoms with Gasteiger partial charge in [-0.1, -0.05) is 18.2 Å². The van der Waals surface area contributed by atoms with Crippen LogP contribution in [-0.4, -0.2) is 26.9 Å². The average Bonchev–Trinajstić information content (AvgIpc) is 3.35. The van der Waals surface area contributed by atoms with Gasteiger partial charge in [-0.15, -0.1) is 0 Å². The molecule has 0 spiro atoms. The second-order valence-electron chi connectivity index (χ2n) is 7.89. The number of para-hydroxylation sites is 1. The number of methoxy groups -OCH3 is 1. The van der Waals surface area contributed by atoms with Crippen molar-refractivity contribution in [2.45, 2.75) is 0 Å². The molecule has 0 amide bonds. The molecule has 3 aromatic heterocycles. The van der Waals surface area contributed by atoms with Crippen LogP contribution >= 0.6 is 0 Å². The minimum absolute atomic E-state index is 0.124. The van der Waals surface area contributed by atoms with E-state index in [2.05, 4.69) is 20.4 Å². The van der Waals surface area contributed by atoms with Gasteiger partial charge >= 0.3 is 0 Å². The van der Waals surface area contributed by atoms with E-state index in [-0.39, 0.29) is 5.43 Å². The Labute approximate surface area is 199 Å². The average molecular weight is 461 g/mol. The van der Waals surface area contributed by atoms with Crippen LogP contribution in [0.5, 0.6) is 5.75 Å². The van der Waals surface area contributed by atoms with E-state index in [4.69, 9.17) is 9.15 Å². The molecule has 0 radical (unpaired) electrons. The Morgan fingerprint density at radius 3 is 2.54 bits per heavy atom. The van der Waals surface area contributed by atoms with Gasteiger partial charge in [0.1, 0.15) is 29.2 Å². The molecule has 0 atom stereocenters. The molecule has 0 unspecified atom stereocenters. The molecular weight excluding hydrogens is 442 g/mol. The first-order chi connectivity index (χ1) is 17.2. The second kappa shape index (κ2) is 8.42. The maximum Gasteiger partial charge on any atom is 0.193 e. The molecule has 6 rings (SSSR count). The molecule has 0 aliphatic heterocycles. The zero-order valence-electron chi connectivity index (χ0n) is 18.7. The van der Waals surface area contributed by atoms with Crippen molar-refractivity contribution in [1.82, 2.24) is 19.7 Å². The standard InChI is InChI=1S/C27H19N5O3/c1-34-20-11-12-24-21(13-20)23(33)14-25(35-24)17-7-9-18(10-8-17)31-26-22-15-30-32(27(22)29-16-28-26)19-5-3-2-4-6-19/h2-16H,1H3,(H,28,29,31). The first-order valence-corrected chi connectivity index (χ1v) is 10.9. The van der Waals surface area contributed by atoms with Crippen molar-refractivity contribution in [3.63, 3.8) is 0 Å². The molecule has 8 heteroatoms. The molecule has 3 heterocycles. The molecule has 0 saturated heterocycles. The Balaban J connectivity index is 1.30. The Morgan fingerprint density at radius 2 is 1.74 bits per heavy atom. The van der Waals surface area contributed by atoms with E-state index in [0.717, 1.165) is 22.3 Å². The van der Waals surface area contributed by atoms with Crippen LogP contribution in [0.2, 0.25) is 0 Å². The molecule has 0 fully saturated rings. The summed E-state index contributed by atoms with van der Waals surface area (Å²) in [5.41, 5.74) is 3.63. The molecule has 1 N–H and O–H groups in total. The van der Waals surface area contributed by atoms with Crippen molar-refractivity contribution < 1.29 is 9.15 Å². The highest BCUT2D eigenvalue weighted by atomic mass is 16.5. The van der Waals surface area contributed by atoms with Crippen molar-refractivity contribution >= 4 is 33.5 Å². The van der Waals surface area contributed by atoms with Gasteiger partial charge in [-0.3, -0.25) is 4.79 Å². The quantitative estimate of drug-likeness (QED) is 0.370. The lowest BCUT2D eigenvalue weighted by Gasteiger charge is -2.09. The van der Waals surface area contributed by atoms with Crippen LogP contribution in [0.25, 0.3) is 39.0 Å². The molecule has 35 heavy (non-hydrogen) atoms. The Hall–Kier alpha value is -4.98. The first-order valence-electron chi connectivity index (χ1n) is 10.9. The number of nitrogens with zero attached hydrogens (tertiary/aromatic N) is 4. The lowest BCUT2D eigenvalue weighted by molar-refractivity contribution is 0.415. The normalized spacial score (nSPS) is 11.1. The SMILES string of the molecule is COc1ccc2oc(-c3ccc(Nc4ncnc5c4cnn5-c4ccccc4)cc3)cc(=O)c2c1. The lowest BCUT2D eigenvalue weighted by Crippen LogP contribution is -2.01. The van der Waals surface area contributed by atoms with Gasteiger partial charge in [-0.2, -0.15) is 5.10 Å². The summed E-state index contributed by atoms with van der Waals surface area (Å²) in [5.74, 6) is 1.75. The van der Waals surface area contributed by atoms with Crippen molar-refractivity contribution in [2.75, 3.05) is 12.4 Å². The van der Waals surface area contributed by atoms with Gasteiger partial charge in [-0.25, -0.2) is 14.6 Å². The van der Waals surface area contributed by atoms with Gasteiger partial charge in [0.15, 0.2) is 11.1 Å². The number of nitrogens with one attached hydrogen (secondary N) is 1. The molecule has 0 aliphatic carbocycles. The number of rotatable bonds is 5. The van der Waals surface area contributed by atoms with E-state index in [1.807, 2.05) is 54.6 Å². The van der Waals surface area contributed by atoms with Gasteiger partial charge in [-0.05, 0) is 54.6 Å². The summed E-state index contributed by atoms with van der Waals surface area (Å²) >= 11 is 0. The molecule has 170 valence electrons. The van der Waals surface area contributed by atoms with E-state index in [1.54, 1.807) is 36.2 Å². The monoisotopic (exact) mass is 461 g/mol. The minimum atomic E-state index is -0.124. The van der Waals surface area contributed by atoms with Crippen LogP contribution in [0, 0.1) is 0 Å². The van der Waals surface area contributed by atoms with Crippen molar-refractivity contribution in [3.05, 3.63) is 102 Å². The highest BCUT2D eigenvalue weighted by Gasteiger charge is 2.12. The summed E-state index contributed by atoms with van der Waals surface area (Å²) in [6, 6.07) is 24.1. The van der Waals surface area contributed by atoms with Gasteiger partial charge in [0.25, 0.3) is 0 Å². The van der Waals surface area contributed by atoms with Crippen LogP contribution in [0.3, 0.4) is 0 Å². The van der Waals surface area contributed by atoms with Crippen LogP contribution in [0.4, 0.5) is 11.5 Å². The summed E-state index contributed by atoms with van der Waals surface area (Å²) in [6.07, 6.45) is 3.26. The summed E-state index contributed by atoms with van der Waals surface area (Å²) in [6.45, 7) is 0. The highest BCUT2D eigenvalue weighted by Crippen LogP contribution is 2.28. The fraction of sp³-hybridized carbons (Fsp3) is 0.0370. The smallest absolute Gasteiger partial charge is 0.193 e. The maximum atomic E-state index is 12.6. The number of ether oxygens (including phenoxy) is 1. The molecule has 6 aromatic rings. The van der Waals surface area contributed by atoms with Crippen LogP contribution in [0.15, 0.2) is 101 Å². The van der Waals surface area contributed by atoms with E-state index >= 15 is 0 Å². The summed E-state index contributed by atoms with van der Waals surface area (Å²) in [5, 5.41) is 9.11. The van der Waals surface area contributed by atoms with Crippen molar-refractivity contribution in [3.8, 4) is 22.8 Å². The first kappa shape index (κ1) is 20.6. The third kappa shape index (κ3) is 3.76. The van der Waals surface area contributed by atoms with Crippen molar-refractivity contribution in [2.24, 2.45) is 0 Å². The Bertz CT molecular complexity index is 1720. The third-order valence-corrected chi connectivity index (χ3v) is 5.73. The number of anilines is 2. The molecule has 3 aromatic carbocycles. The Kier molecular flexibility index (Phi) is 4.96. The van der Waals surface area contributed by atoms with Gasteiger partial charge in [0.05, 0.1) is 29.8 Å². The second-order valence-corrected chi connectivity index (χ2v) is 7.89. The predicted octanol–water partition coefficient (Wildman–Crippen LogP) is 5.34. The topological polar surface area (TPSA) is 95.1 Å². The van der Waals surface area contributed by atoms with Gasteiger partial charge in [0, 0.05) is 17.3 Å². The van der Waals surface area contributed by atoms with E-state index in [9.17, 15) is 4.79 Å². The van der Waals surface area contributed by atoms with E-state index < -0.39 is 0 Å². The van der Waals surface area contributed by atoms with E-state index in [1.165, 1.54) is 12.4 Å². The van der Waals surface area contributed by atoms with Crippen LogP contribution < -0.4 is 15.5 Å². The third-order valence-electron chi connectivity index (χ3n) is 5.73. The number of aromatic nitrogens is 4. The van der Waals surface area contributed by atoms with Crippen LogP contribution in [-0.2, 0) is 0 Å². The number of fused-ring (bicyclic) bond motifs is 2. The summed E-state index contributed by atoms with van der Waals surface area (Å²) < 4.78 is 13.0. The number of hydrogen-bond donors (Lipinski definition) is 1. The Morgan fingerprint density at radius 1 is 0.914 bits per heavy atom. The maximum absolute atomic E-state index is 12.6. The number of benzene rings is 3. The molecule has 0 bridgehead atoms. The lowest BCUT2D eigenvalue weighted by atomic mass is 10.1. The highest BCUT2D eigenvalue weighted by molar-refractivity contribution is 5.89. The number of hydrogen-bond acceptors (Lipinski definition) is 7. The molecular formula is C27H19N5O3. The molecule has 0 saturated carbocycles. The molecule has 8 nitrogen and oxygen atoms in total. The molecule has 0 aliphatic rings. The fourth-order valence-corrected chi connectivity index (χ4v) is 3.96. The summed E-state index contributed by atoms with van der Waals surface area (Å²) in [7, 11) is 1.56. The van der Waals surface area contributed by atoms with Crippen LogP contribution in [0.1, 0.15) is 0 Å². The van der Waals surface area contributed by atoms with Crippen molar-refractivity contribution in [1.29, 1.82) is 0 Å². The van der Waals surface area contributed by atoms with Gasteiger partial charge < -0.3 is 14.5 Å². The fourth-order valence-electron chi connectivity index (χ4n) is 3.96. The van der Waals surface area contributed by atoms with Gasteiger partial charge in [0.2, 0.25) is 0 Å². The largest absolute Gasteiger partial charge is 0.497 e. The van der Waals surface area contributed by atoms with E-state index in [0.29, 0.717) is 33.9 Å². The summed E-state index contributed by atoms with van der Waals surface area (Å²) in [4.78, 5) is 21.4. The zero-order valence-corrected chi connectivity index (χ0v) is 18.7.